The van der Waals surface area contributed by atoms with Gasteiger partial charge in [0, 0.05) is 0 Å². The Kier molecular flexibility index (Phi) is 2.84. The number of rotatable bonds is 2. The molecule has 0 radical (unpaired) electrons. The van der Waals surface area contributed by atoms with E-state index in [0.29, 0.717) is 19.6 Å². The van der Waals surface area contributed by atoms with Crippen LogP contribution in [0.2, 0.25) is 0 Å². The molecule has 64 valence electrons. The average molecular weight is 159 g/mol. The summed E-state index contributed by atoms with van der Waals surface area (Å²) in [6.07, 6.45) is 0.0535. The van der Waals surface area contributed by atoms with Gasteiger partial charge in [-0.3, -0.25) is 4.79 Å². The van der Waals surface area contributed by atoms with Gasteiger partial charge in [0.2, 0.25) is 0 Å². The van der Waals surface area contributed by atoms with Crippen molar-refractivity contribution in [3.63, 3.8) is 0 Å². The lowest BCUT2D eigenvalue weighted by Crippen LogP contribution is -2.39. The summed E-state index contributed by atoms with van der Waals surface area (Å²) in [5, 5.41) is 12.1. The van der Waals surface area contributed by atoms with Gasteiger partial charge >= 0.3 is 5.97 Å². The lowest BCUT2D eigenvalue weighted by atomic mass is 10.2. The van der Waals surface area contributed by atoms with Crippen LogP contribution in [-0.4, -0.2) is 36.4 Å². The van der Waals surface area contributed by atoms with Crippen molar-refractivity contribution in [2.75, 3.05) is 13.2 Å². The third-order valence-electron chi connectivity index (χ3n) is 1.73. The molecule has 0 saturated carbocycles. The molecule has 0 aromatic carbocycles. The third kappa shape index (κ3) is 1.91. The summed E-state index contributed by atoms with van der Waals surface area (Å²) in [7, 11) is 0. The number of nitrogens with one attached hydrogen (secondary N) is 1. The number of aliphatic hydroxyl groups excluding tert-OH is 1. The minimum Gasteiger partial charge on any atom is -0.465 e. The van der Waals surface area contributed by atoms with Crippen LogP contribution in [0.15, 0.2) is 0 Å². The molecule has 1 unspecified atom stereocenters. The second-order valence-corrected chi connectivity index (χ2v) is 2.54. The van der Waals surface area contributed by atoms with Crippen LogP contribution in [0.4, 0.5) is 0 Å². The Labute approximate surface area is 65.5 Å². The van der Waals surface area contributed by atoms with Crippen LogP contribution in [0.25, 0.3) is 0 Å². The number of esters is 1. The lowest BCUT2D eigenvalue weighted by molar-refractivity contribution is -0.147. The molecule has 4 nitrogen and oxygen atoms in total. The highest BCUT2D eigenvalue weighted by Crippen LogP contribution is 2.07. The van der Waals surface area contributed by atoms with E-state index in [0.717, 1.165) is 0 Å². The van der Waals surface area contributed by atoms with Gasteiger partial charge in [-0.2, -0.15) is 0 Å². The molecule has 2 atom stereocenters. The highest BCUT2D eigenvalue weighted by atomic mass is 16.5. The fourth-order valence-electron chi connectivity index (χ4n) is 1.16. The Morgan fingerprint density at radius 1 is 1.82 bits per heavy atom. The monoisotopic (exact) mass is 159 g/mol. The molecule has 0 aromatic rings. The lowest BCUT2D eigenvalue weighted by Gasteiger charge is -2.12. The Hall–Kier alpha value is -0.610. The minimum atomic E-state index is -0.575. The molecule has 1 rings (SSSR count). The first kappa shape index (κ1) is 8.49. The fraction of sp³-hybridized carbons (Fsp3) is 0.857. The maximum atomic E-state index is 11.0. The summed E-state index contributed by atoms with van der Waals surface area (Å²) in [6, 6.07) is -0.505. The van der Waals surface area contributed by atoms with Crippen LogP contribution < -0.4 is 5.32 Å². The smallest absolute Gasteiger partial charge is 0.325 e. The predicted octanol–water partition coefficient (Wildman–Crippen LogP) is -0.728. The zero-order valence-electron chi connectivity index (χ0n) is 6.54. The topological polar surface area (TPSA) is 58.6 Å². The summed E-state index contributed by atoms with van der Waals surface area (Å²) in [5.74, 6) is -0.350. The van der Waals surface area contributed by atoms with Crippen molar-refractivity contribution in [3.8, 4) is 0 Å². The molecule has 0 spiro atoms. The summed E-state index contributed by atoms with van der Waals surface area (Å²) >= 11 is 0. The van der Waals surface area contributed by atoms with Gasteiger partial charge in [-0.05, 0) is 19.9 Å². The van der Waals surface area contributed by atoms with Crippen molar-refractivity contribution < 1.29 is 14.6 Å². The number of hydrogen-bond acceptors (Lipinski definition) is 4. The largest absolute Gasteiger partial charge is 0.465 e. The van der Waals surface area contributed by atoms with Gasteiger partial charge in [-0.1, -0.05) is 0 Å². The van der Waals surface area contributed by atoms with Crippen molar-refractivity contribution in [2.24, 2.45) is 0 Å². The standard InChI is InChI=1S/C7H13NO3/c1-2-11-7(10)6-5(9)3-4-8-6/h5-6,8-9H,2-4H2,1H3/t5?,6-/m0/s1. The van der Waals surface area contributed by atoms with E-state index in [1.807, 2.05) is 0 Å². The van der Waals surface area contributed by atoms with E-state index in [1.54, 1.807) is 6.92 Å². The minimum absolute atomic E-state index is 0.350. The van der Waals surface area contributed by atoms with Gasteiger partial charge < -0.3 is 15.2 Å². The number of ether oxygens (including phenoxy) is 1. The molecular weight excluding hydrogens is 146 g/mol. The zero-order chi connectivity index (χ0) is 8.27. The van der Waals surface area contributed by atoms with Gasteiger partial charge in [-0.25, -0.2) is 0 Å². The summed E-state index contributed by atoms with van der Waals surface area (Å²) < 4.78 is 4.73. The molecule has 0 bridgehead atoms. The van der Waals surface area contributed by atoms with E-state index >= 15 is 0 Å². The van der Waals surface area contributed by atoms with Crippen LogP contribution in [0.5, 0.6) is 0 Å². The molecule has 0 aromatic heterocycles. The van der Waals surface area contributed by atoms with Gasteiger partial charge in [0.05, 0.1) is 12.7 Å². The van der Waals surface area contributed by atoms with Crippen LogP contribution >= 0.6 is 0 Å². The molecule has 1 aliphatic heterocycles. The number of hydrogen-bond donors (Lipinski definition) is 2. The molecular formula is C7H13NO3. The maximum Gasteiger partial charge on any atom is 0.325 e. The zero-order valence-corrected chi connectivity index (χ0v) is 6.54. The Morgan fingerprint density at radius 3 is 3.00 bits per heavy atom. The van der Waals surface area contributed by atoms with E-state index in [2.05, 4.69) is 5.32 Å². The highest BCUT2D eigenvalue weighted by Gasteiger charge is 2.31. The highest BCUT2D eigenvalue weighted by molar-refractivity contribution is 5.76. The molecule has 1 aliphatic rings. The first-order valence-corrected chi connectivity index (χ1v) is 3.83. The van der Waals surface area contributed by atoms with Gasteiger partial charge in [0.25, 0.3) is 0 Å². The average Bonchev–Trinajstić information content (AvgIpc) is 2.36. The van der Waals surface area contributed by atoms with Crippen LogP contribution in [0.1, 0.15) is 13.3 Å². The Morgan fingerprint density at radius 2 is 2.55 bits per heavy atom. The van der Waals surface area contributed by atoms with Crippen molar-refractivity contribution in [3.05, 3.63) is 0 Å². The van der Waals surface area contributed by atoms with Gasteiger partial charge in [-0.15, -0.1) is 0 Å². The van der Waals surface area contributed by atoms with E-state index in [4.69, 9.17) is 4.74 Å². The first-order valence-electron chi connectivity index (χ1n) is 3.83. The molecule has 0 amide bonds. The molecule has 1 heterocycles. The second kappa shape index (κ2) is 3.69. The molecule has 4 heteroatoms. The molecule has 0 aliphatic carbocycles. The maximum absolute atomic E-state index is 11.0. The summed E-state index contributed by atoms with van der Waals surface area (Å²) in [5.41, 5.74) is 0. The van der Waals surface area contributed by atoms with Crippen LogP contribution in [-0.2, 0) is 9.53 Å². The van der Waals surface area contributed by atoms with Crippen LogP contribution in [0, 0.1) is 0 Å². The SMILES string of the molecule is CCOC(=O)[C@H]1NCCC1O. The third-order valence-corrected chi connectivity index (χ3v) is 1.73. The van der Waals surface area contributed by atoms with Crippen LogP contribution in [0.3, 0.4) is 0 Å². The normalized spacial score (nSPS) is 30.4. The second-order valence-electron chi connectivity index (χ2n) is 2.54. The van der Waals surface area contributed by atoms with Crippen molar-refractivity contribution in [1.82, 2.24) is 5.32 Å². The number of aliphatic hydroxyl groups is 1. The van der Waals surface area contributed by atoms with Crippen molar-refractivity contribution in [2.45, 2.75) is 25.5 Å². The van der Waals surface area contributed by atoms with Gasteiger partial charge in [0.1, 0.15) is 6.04 Å². The quantitative estimate of drug-likeness (QED) is 0.522. The molecule has 11 heavy (non-hydrogen) atoms. The Balaban J connectivity index is 2.39. The Bertz CT molecular complexity index is 149. The molecule has 1 saturated heterocycles. The molecule has 1 fully saturated rings. The van der Waals surface area contributed by atoms with E-state index in [1.165, 1.54) is 0 Å². The molecule has 2 N–H and O–H groups in total. The fourth-order valence-corrected chi connectivity index (χ4v) is 1.16. The van der Waals surface area contributed by atoms with Crippen molar-refractivity contribution in [1.29, 1.82) is 0 Å². The summed E-state index contributed by atoms with van der Waals surface area (Å²) in [4.78, 5) is 11.0. The first-order chi connectivity index (χ1) is 5.25. The van der Waals surface area contributed by atoms with E-state index in [9.17, 15) is 9.90 Å². The number of carbonyl (C=O) groups excluding carboxylic acids is 1. The van der Waals surface area contributed by atoms with Gasteiger partial charge in [0.15, 0.2) is 0 Å². The van der Waals surface area contributed by atoms with Crippen molar-refractivity contribution >= 4 is 5.97 Å². The predicted molar refractivity (Wildman–Crippen MR) is 39.0 cm³/mol. The van der Waals surface area contributed by atoms with E-state index in [-0.39, 0.29) is 5.97 Å². The summed E-state index contributed by atoms with van der Waals surface area (Å²) in [6.45, 7) is 2.80. The van der Waals surface area contributed by atoms with E-state index < -0.39 is 12.1 Å². The number of carbonyl (C=O) groups is 1.